The van der Waals surface area contributed by atoms with E-state index in [1.165, 1.54) is 0 Å². The van der Waals surface area contributed by atoms with Crippen molar-refractivity contribution in [1.82, 2.24) is 15.2 Å². The second kappa shape index (κ2) is 6.42. The number of nitrogens with zero attached hydrogens (tertiary/aromatic N) is 3. The fraction of sp³-hybridized carbons (Fsp3) is 0.500. The first-order chi connectivity index (χ1) is 8.31. The molecule has 0 bridgehead atoms. The first-order valence-electron chi connectivity index (χ1n) is 5.25. The van der Waals surface area contributed by atoms with Crippen LogP contribution in [0, 0.1) is 0 Å². The summed E-state index contributed by atoms with van der Waals surface area (Å²) in [6, 6.07) is 0. The summed E-state index contributed by atoms with van der Waals surface area (Å²) in [5.41, 5.74) is 1.14. The van der Waals surface area contributed by atoms with Gasteiger partial charge in [0.15, 0.2) is 0 Å². The number of hydrogen-bond acceptors (Lipinski definition) is 7. The Balaban J connectivity index is 1.79. The minimum absolute atomic E-state index is 0.655. The van der Waals surface area contributed by atoms with Gasteiger partial charge in [0.1, 0.15) is 4.34 Å². The molecule has 0 saturated carbocycles. The lowest BCUT2D eigenvalue weighted by Crippen LogP contribution is -1.88. The molecule has 0 aliphatic rings. The van der Waals surface area contributed by atoms with Crippen LogP contribution in [0.25, 0.3) is 0 Å². The molecule has 0 amide bonds. The predicted octanol–water partition coefficient (Wildman–Crippen LogP) is 3.15. The Labute approximate surface area is 113 Å². The van der Waals surface area contributed by atoms with Crippen molar-refractivity contribution in [3.63, 3.8) is 0 Å². The van der Waals surface area contributed by atoms with Crippen molar-refractivity contribution in [3.8, 4) is 0 Å². The number of rotatable bonds is 6. The normalized spacial score (nSPS) is 10.9. The molecule has 7 heteroatoms. The molecule has 0 fully saturated rings. The van der Waals surface area contributed by atoms with E-state index in [-0.39, 0.29) is 0 Å². The van der Waals surface area contributed by atoms with Gasteiger partial charge in [-0.25, -0.2) is 4.98 Å². The summed E-state index contributed by atoms with van der Waals surface area (Å²) in [6.45, 7) is 2.00. The molecule has 0 unspecified atom stereocenters. The first kappa shape index (κ1) is 12.9. The Bertz CT molecular complexity index is 427. The van der Waals surface area contributed by atoms with Crippen LogP contribution in [0.2, 0.25) is 0 Å². The minimum Gasteiger partial charge on any atom is -0.416 e. The zero-order valence-corrected chi connectivity index (χ0v) is 12.1. The summed E-state index contributed by atoms with van der Waals surface area (Å²) in [6.07, 6.45) is 3.77. The highest BCUT2D eigenvalue weighted by molar-refractivity contribution is 8.00. The van der Waals surface area contributed by atoms with Crippen LogP contribution in [0.4, 0.5) is 0 Å². The Morgan fingerprint density at radius 3 is 2.94 bits per heavy atom. The molecule has 4 nitrogen and oxygen atoms in total. The molecule has 2 aromatic heterocycles. The molecule has 0 spiro atoms. The van der Waals surface area contributed by atoms with Crippen LogP contribution in [0.1, 0.15) is 18.5 Å². The highest BCUT2D eigenvalue weighted by Crippen LogP contribution is 2.22. The molecule has 92 valence electrons. The maximum atomic E-state index is 5.42. The Hall–Kier alpha value is -0.530. The van der Waals surface area contributed by atoms with E-state index in [0.29, 0.717) is 11.1 Å². The van der Waals surface area contributed by atoms with E-state index < -0.39 is 0 Å². The molecule has 0 atom stereocenters. The SMILES string of the molecule is CCc1nnc(SCCc2csc(SC)n2)o1. The van der Waals surface area contributed by atoms with Gasteiger partial charge >= 0.3 is 0 Å². The highest BCUT2D eigenvalue weighted by atomic mass is 32.2. The fourth-order valence-electron chi connectivity index (χ4n) is 1.18. The van der Waals surface area contributed by atoms with E-state index >= 15 is 0 Å². The van der Waals surface area contributed by atoms with Crippen LogP contribution >= 0.6 is 34.9 Å². The summed E-state index contributed by atoms with van der Waals surface area (Å²) < 4.78 is 6.54. The van der Waals surface area contributed by atoms with Gasteiger partial charge in [0.05, 0.1) is 5.69 Å². The Morgan fingerprint density at radius 2 is 2.29 bits per heavy atom. The van der Waals surface area contributed by atoms with E-state index in [4.69, 9.17) is 4.42 Å². The van der Waals surface area contributed by atoms with Crippen LogP contribution in [0.3, 0.4) is 0 Å². The summed E-state index contributed by atoms with van der Waals surface area (Å²) in [7, 11) is 0. The monoisotopic (exact) mass is 287 g/mol. The molecule has 17 heavy (non-hydrogen) atoms. The molecule has 2 rings (SSSR count). The molecule has 0 aromatic carbocycles. The lowest BCUT2D eigenvalue weighted by Gasteiger charge is -1.93. The van der Waals surface area contributed by atoms with Crippen LogP contribution in [-0.4, -0.2) is 27.2 Å². The second-order valence-electron chi connectivity index (χ2n) is 3.22. The van der Waals surface area contributed by atoms with Gasteiger partial charge in [-0.05, 0) is 6.26 Å². The van der Waals surface area contributed by atoms with Crippen molar-refractivity contribution in [1.29, 1.82) is 0 Å². The summed E-state index contributed by atoms with van der Waals surface area (Å²) in [4.78, 5) is 4.48. The third-order valence-electron chi connectivity index (χ3n) is 2.04. The molecule has 0 saturated heterocycles. The van der Waals surface area contributed by atoms with Crippen molar-refractivity contribution in [2.75, 3.05) is 12.0 Å². The van der Waals surface area contributed by atoms with Gasteiger partial charge in [0.2, 0.25) is 5.89 Å². The number of aryl methyl sites for hydroxylation is 2. The van der Waals surface area contributed by atoms with E-state index in [2.05, 4.69) is 20.6 Å². The Morgan fingerprint density at radius 1 is 1.41 bits per heavy atom. The molecule has 2 aromatic rings. The van der Waals surface area contributed by atoms with Gasteiger partial charge in [0, 0.05) is 24.0 Å². The van der Waals surface area contributed by atoms with Crippen LogP contribution < -0.4 is 0 Å². The fourth-order valence-corrected chi connectivity index (χ4v) is 3.23. The minimum atomic E-state index is 0.655. The number of hydrogen-bond donors (Lipinski definition) is 0. The summed E-state index contributed by atoms with van der Waals surface area (Å²) in [5.74, 6) is 1.62. The van der Waals surface area contributed by atoms with Gasteiger partial charge in [-0.1, -0.05) is 30.4 Å². The van der Waals surface area contributed by atoms with E-state index in [0.717, 1.165) is 28.6 Å². The van der Waals surface area contributed by atoms with E-state index in [1.807, 2.05) is 13.2 Å². The summed E-state index contributed by atoms with van der Waals surface area (Å²) in [5, 5.41) is 10.7. The first-order valence-corrected chi connectivity index (χ1v) is 8.34. The zero-order chi connectivity index (χ0) is 12.1. The zero-order valence-electron chi connectivity index (χ0n) is 9.67. The Kier molecular flexibility index (Phi) is 4.87. The van der Waals surface area contributed by atoms with Crippen molar-refractivity contribution in [2.45, 2.75) is 29.3 Å². The molecule has 0 N–H and O–H groups in total. The largest absolute Gasteiger partial charge is 0.416 e. The van der Waals surface area contributed by atoms with Crippen molar-refractivity contribution < 1.29 is 4.42 Å². The maximum Gasteiger partial charge on any atom is 0.276 e. The second-order valence-corrected chi connectivity index (χ2v) is 6.18. The quantitative estimate of drug-likeness (QED) is 0.761. The average molecular weight is 287 g/mol. The van der Waals surface area contributed by atoms with Crippen molar-refractivity contribution in [2.24, 2.45) is 0 Å². The topological polar surface area (TPSA) is 51.8 Å². The molecule has 0 aliphatic heterocycles. The van der Waals surface area contributed by atoms with Gasteiger partial charge < -0.3 is 4.42 Å². The summed E-state index contributed by atoms with van der Waals surface area (Å²) >= 11 is 4.97. The smallest absolute Gasteiger partial charge is 0.276 e. The lowest BCUT2D eigenvalue weighted by molar-refractivity contribution is 0.417. The predicted molar refractivity (Wildman–Crippen MR) is 72.0 cm³/mol. The van der Waals surface area contributed by atoms with Crippen LogP contribution in [-0.2, 0) is 12.8 Å². The van der Waals surface area contributed by atoms with E-state index in [1.54, 1.807) is 34.9 Å². The standard InChI is InChI=1S/C10H13N3OS3/c1-3-8-12-13-9(14-8)16-5-4-7-6-17-10(11-7)15-2/h6H,3-5H2,1-2H3. The number of thioether (sulfide) groups is 2. The third kappa shape index (κ3) is 3.72. The lowest BCUT2D eigenvalue weighted by atomic mass is 10.4. The molecular weight excluding hydrogens is 274 g/mol. The molecule has 2 heterocycles. The maximum absolute atomic E-state index is 5.42. The van der Waals surface area contributed by atoms with Gasteiger partial charge in [-0.15, -0.1) is 21.5 Å². The number of thiazole rings is 1. The van der Waals surface area contributed by atoms with Gasteiger partial charge in [-0.2, -0.15) is 0 Å². The van der Waals surface area contributed by atoms with Crippen LogP contribution in [0.15, 0.2) is 19.4 Å². The van der Waals surface area contributed by atoms with E-state index in [9.17, 15) is 0 Å². The van der Waals surface area contributed by atoms with Crippen LogP contribution in [0.5, 0.6) is 0 Å². The molecule has 0 radical (unpaired) electrons. The highest BCUT2D eigenvalue weighted by Gasteiger charge is 2.06. The van der Waals surface area contributed by atoms with Gasteiger partial charge in [0.25, 0.3) is 5.22 Å². The van der Waals surface area contributed by atoms with Gasteiger partial charge in [-0.3, -0.25) is 0 Å². The number of aromatic nitrogens is 3. The third-order valence-corrected chi connectivity index (χ3v) is 4.77. The average Bonchev–Trinajstić information content (AvgIpc) is 2.97. The molecule has 0 aliphatic carbocycles. The molecular formula is C10H13N3OS3. The van der Waals surface area contributed by atoms with Crippen molar-refractivity contribution in [3.05, 3.63) is 17.0 Å². The van der Waals surface area contributed by atoms with Crippen molar-refractivity contribution >= 4 is 34.9 Å².